The molecule has 148 valence electrons. The molecular formula is C20H20N6O3. The highest BCUT2D eigenvalue weighted by molar-refractivity contribution is 6.12. The van der Waals surface area contributed by atoms with E-state index in [-0.39, 0.29) is 5.84 Å². The van der Waals surface area contributed by atoms with Crippen molar-refractivity contribution in [1.29, 1.82) is 10.5 Å². The maximum Gasteiger partial charge on any atom is 0.421 e. The highest BCUT2D eigenvalue weighted by Crippen LogP contribution is 2.78. The van der Waals surface area contributed by atoms with E-state index in [0.29, 0.717) is 17.0 Å². The fraction of sp³-hybridized carbons (Fsp3) is 0.400. The van der Waals surface area contributed by atoms with Gasteiger partial charge in [-0.1, -0.05) is 40.6 Å². The highest BCUT2D eigenvalue weighted by Gasteiger charge is 2.97. The summed E-state index contributed by atoms with van der Waals surface area (Å²) in [6.07, 6.45) is 0. The number of nitriles is 2. The second-order valence-electron chi connectivity index (χ2n) is 7.34. The summed E-state index contributed by atoms with van der Waals surface area (Å²) >= 11 is 0. The number of ketones is 1. The molecule has 1 aromatic carbocycles. The summed E-state index contributed by atoms with van der Waals surface area (Å²) in [6.45, 7) is 6.67. The van der Waals surface area contributed by atoms with Crippen LogP contribution in [0.15, 0.2) is 45.6 Å². The van der Waals surface area contributed by atoms with Crippen molar-refractivity contribution in [3.63, 3.8) is 0 Å². The van der Waals surface area contributed by atoms with Gasteiger partial charge in [0.1, 0.15) is 5.84 Å². The van der Waals surface area contributed by atoms with Crippen LogP contribution in [0.2, 0.25) is 0 Å². The Hall–Kier alpha value is -3.72. The molecule has 1 fully saturated rings. The zero-order valence-electron chi connectivity index (χ0n) is 16.5. The van der Waals surface area contributed by atoms with Gasteiger partial charge in [-0.05, 0) is 27.7 Å². The van der Waals surface area contributed by atoms with Crippen molar-refractivity contribution in [3.8, 4) is 12.1 Å². The zero-order chi connectivity index (χ0) is 21.4. The van der Waals surface area contributed by atoms with Crippen molar-refractivity contribution in [3.05, 3.63) is 35.9 Å². The van der Waals surface area contributed by atoms with E-state index in [1.165, 1.54) is 0 Å². The van der Waals surface area contributed by atoms with Crippen LogP contribution in [0.3, 0.4) is 0 Å². The molecule has 2 N–H and O–H groups in total. The highest BCUT2D eigenvalue weighted by atomic mass is 16.8. The van der Waals surface area contributed by atoms with Crippen molar-refractivity contribution in [2.75, 3.05) is 0 Å². The number of fused-ring (bicyclic) bond motifs is 1. The molecule has 1 saturated carbocycles. The lowest BCUT2D eigenvalue weighted by molar-refractivity contribution is -0.262. The molecule has 9 heteroatoms. The van der Waals surface area contributed by atoms with Crippen molar-refractivity contribution in [2.45, 2.75) is 33.6 Å². The summed E-state index contributed by atoms with van der Waals surface area (Å²) < 4.78 is 0. The second kappa shape index (κ2) is 6.71. The molecule has 0 unspecified atom stereocenters. The maximum absolute atomic E-state index is 13.3. The first-order valence-electron chi connectivity index (χ1n) is 8.88. The molecular weight excluding hydrogens is 372 g/mol. The minimum absolute atomic E-state index is 0.219. The van der Waals surface area contributed by atoms with E-state index in [4.69, 9.17) is 15.4 Å². The summed E-state index contributed by atoms with van der Waals surface area (Å²) in [5.41, 5.74) is 3.89. The van der Waals surface area contributed by atoms with Gasteiger partial charge in [-0.15, -0.1) is 0 Å². The van der Waals surface area contributed by atoms with Gasteiger partial charge in [0, 0.05) is 5.56 Å². The molecule has 0 aromatic heterocycles. The SMILES string of the molecule is CC(C)=NOC1(ON=C(C)C)N=C(N)[C@@]2(C#N)[C@H](C(=O)c3ccccc3)[C@]12C#N. The Balaban J connectivity index is 2.20. The number of aliphatic imine (C=N–C) groups is 1. The Morgan fingerprint density at radius 2 is 1.62 bits per heavy atom. The van der Waals surface area contributed by atoms with Gasteiger partial charge >= 0.3 is 5.91 Å². The monoisotopic (exact) mass is 392 g/mol. The van der Waals surface area contributed by atoms with Gasteiger partial charge in [0.15, 0.2) is 11.2 Å². The number of nitrogens with zero attached hydrogens (tertiary/aromatic N) is 5. The number of nitrogens with two attached hydrogens (primary N) is 1. The molecule has 0 spiro atoms. The first-order chi connectivity index (χ1) is 13.7. The van der Waals surface area contributed by atoms with Crippen molar-refractivity contribution in [2.24, 2.45) is 37.8 Å². The average Bonchev–Trinajstić information content (AvgIpc) is 3.28. The van der Waals surface area contributed by atoms with Crippen LogP contribution >= 0.6 is 0 Å². The number of hydrogen-bond donors (Lipinski definition) is 1. The minimum atomic E-state index is -2.16. The van der Waals surface area contributed by atoms with Crippen LogP contribution in [0.5, 0.6) is 0 Å². The minimum Gasteiger partial charge on any atom is -0.386 e. The van der Waals surface area contributed by atoms with Crippen LogP contribution in [0.4, 0.5) is 0 Å². The normalized spacial score (nSPS) is 27.9. The summed E-state index contributed by atoms with van der Waals surface area (Å²) in [5, 5.41) is 27.9. The Bertz CT molecular complexity index is 1000. The molecule has 0 saturated heterocycles. The molecule has 1 aliphatic carbocycles. The Morgan fingerprint density at radius 3 is 2.07 bits per heavy atom. The van der Waals surface area contributed by atoms with E-state index >= 15 is 0 Å². The van der Waals surface area contributed by atoms with Gasteiger partial charge in [0.05, 0.1) is 29.5 Å². The molecule has 3 atom stereocenters. The van der Waals surface area contributed by atoms with Crippen molar-refractivity contribution in [1.82, 2.24) is 0 Å². The van der Waals surface area contributed by atoms with Crippen LogP contribution in [-0.2, 0) is 9.68 Å². The fourth-order valence-corrected chi connectivity index (χ4v) is 3.69. The van der Waals surface area contributed by atoms with Gasteiger partial charge in [-0.3, -0.25) is 4.79 Å². The van der Waals surface area contributed by atoms with Gasteiger partial charge in [-0.25, -0.2) is 0 Å². The quantitative estimate of drug-likeness (QED) is 0.340. The van der Waals surface area contributed by atoms with Crippen LogP contribution in [0.25, 0.3) is 0 Å². The topological polar surface area (TPSA) is 146 Å². The molecule has 29 heavy (non-hydrogen) atoms. The van der Waals surface area contributed by atoms with E-state index in [2.05, 4.69) is 15.3 Å². The molecule has 0 amide bonds. The number of oxime groups is 2. The van der Waals surface area contributed by atoms with Crippen molar-refractivity contribution >= 4 is 23.0 Å². The standard InChI is InChI=1S/C20H20N6O3/c1-12(2)25-28-20(29-26-13(3)4)19(11-22)16(18(19,10-21)17(23)24-20)15(27)14-8-6-5-7-9-14/h5-9,16H,1-4H3,(H2,23,24)/t16-,18+,19-/m0/s1. The molecule has 1 heterocycles. The third kappa shape index (κ3) is 2.51. The fourth-order valence-electron chi connectivity index (χ4n) is 3.69. The molecule has 3 rings (SSSR count). The largest absolute Gasteiger partial charge is 0.421 e. The number of carbonyl (C=O) groups is 1. The van der Waals surface area contributed by atoms with Crippen LogP contribution in [0, 0.1) is 39.4 Å². The Labute approximate surface area is 168 Å². The molecule has 2 aliphatic rings. The van der Waals surface area contributed by atoms with E-state index in [9.17, 15) is 15.3 Å². The first kappa shape index (κ1) is 20.0. The third-order valence-electron chi connectivity index (χ3n) is 4.95. The Kier molecular flexibility index (Phi) is 4.63. The number of benzene rings is 1. The van der Waals surface area contributed by atoms with E-state index < -0.39 is 28.4 Å². The number of carbonyl (C=O) groups excluding carboxylic acids is 1. The molecule has 1 aromatic rings. The smallest absolute Gasteiger partial charge is 0.386 e. The summed E-state index contributed by atoms with van der Waals surface area (Å²) in [4.78, 5) is 28.5. The predicted octanol–water partition coefficient (Wildman–Crippen LogP) is 2.37. The molecule has 1 aliphatic heterocycles. The Morgan fingerprint density at radius 1 is 1.07 bits per heavy atom. The van der Waals surface area contributed by atoms with Gasteiger partial charge < -0.3 is 15.4 Å². The first-order valence-corrected chi connectivity index (χ1v) is 8.88. The van der Waals surface area contributed by atoms with Crippen LogP contribution in [0.1, 0.15) is 38.1 Å². The van der Waals surface area contributed by atoms with Crippen molar-refractivity contribution < 1.29 is 14.5 Å². The molecule has 0 radical (unpaired) electrons. The van der Waals surface area contributed by atoms with Crippen LogP contribution in [-0.4, -0.2) is 29.0 Å². The number of rotatable bonds is 6. The zero-order valence-corrected chi connectivity index (χ0v) is 16.5. The summed E-state index contributed by atoms with van der Waals surface area (Å²) in [7, 11) is 0. The number of Topliss-reactive ketones (excluding diaryl/α,β-unsaturated/α-hetero) is 1. The number of amidine groups is 1. The van der Waals surface area contributed by atoms with E-state index in [0.717, 1.165) is 0 Å². The van der Waals surface area contributed by atoms with Gasteiger partial charge in [0.2, 0.25) is 5.41 Å². The predicted molar refractivity (Wildman–Crippen MR) is 104 cm³/mol. The van der Waals surface area contributed by atoms with E-state index in [1.54, 1.807) is 58.0 Å². The number of hydrogen-bond acceptors (Lipinski definition) is 9. The summed E-state index contributed by atoms with van der Waals surface area (Å²) in [6, 6.07) is 12.4. The third-order valence-corrected chi connectivity index (χ3v) is 4.95. The summed E-state index contributed by atoms with van der Waals surface area (Å²) in [5.74, 6) is -3.96. The second-order valence-corrected chi connectivity index (χ2v) is 7.34. The van der Waals surface area contributed by atoms with Gasteiger partial charge in [-0.2, -0.15) is 15.5 Å². The lowest BCUT2D eigenvalue weighted by Crippen LogP contribution is -2.42. The van der Waals surface area contributed by atoms with Gasteiger partial charge in [0.25, 0.3) is 0 Å². The lowest BCUT2D eigenvalue weighted by atomic mass is 9.94. The molecule has 0 bridgehead atoms. The van der Waals surface area contributed by atoms with E-state index in [1.807, 2.05) is 12.1 Å². The lowest BCUT2D eigenvalue weighted by Gasteiger charge is -2.27. The van der Waals surface area contributed by atoms with Crippen LogP contribution < -0.4 is 5.73 Å². The molecule has 9 nitrogen and oxygen atoms in total. The average molecular weight is 392 g/mol. The maximum atomic E-state index is 13.3.